The van der Waals surface area contributed by atoms with Gasteiger partial charge in [0.1, 0.15) is 0 Å². The van der Waals surface area contributed by atoms with Crippen molar-refractivity contribution < 1.29 is 19.5 Å². The minimum absolute atomic E-state index is 0.0550. The number of carboxylic acids is 1. The molecule has 0 radical (unpaired) electrons. The molecule has 116 valence electrons. The number of nitrogens with one attached hydrogen (secondary N) is 2. The molecule has 3 N–H and O–H groups in total. The van der Waals surface area contributed by atoms with Gasteiger partial charge in [0.05, 0.1) is 12.5 Å². The number of carbonyl (C=O) groups is 3. The second kappa shape index (κ2) is 10.2. The van der Waals surface area contributed by atoms with Crippen molar-refractivity contribution in [1.82, 2.24) is 15.5 Å². The lowest BCUT2D eigenvalue weighted by Crippen LogP contribution is -2.44. The molecule has 0 aliphatic rings. The first kappa shape index (κ1) is 18.4. The van der Waals surface area contributed by atoms with Crippen molar-refractivity contribution in [2.24, 2.45) is 0 Å². The Bertz CT molecular complexity index is 332. The zero-order chi connectivity index (χ0) is 15.5. The van der Waals surface area contributed by atoms with Crippen LogP contribution in [-0.4, -0.2) is 61.0 Å². The van der Waals surface area contributed by atoms with Gasteiger partial charge in [-0.25, -0.2) is 0 Å². The highest BCUT2D eigenvalue weighted by Gasteiger charge is 2.19. The molecular weight excluding hydrogens is 267 g/mol. The molecule has 0 heterocycles. The van der Waals surface area contributed by atoms with Gasteiger partial charge < -0.3 is 15.7 Å². The summed E-state index contributed by atoms with van der Waals surface area (Å²) in [5.74, 6) is -1.14. The van der Waals surface area contributed by atoms with Crippen molar-refractivity contribution in [3.63, 3.8) is 0 Å². The van der Waals surface area contributed by atoms with Gasteiger partial charge >= 0.3 is 5.97 Å². The van der Waals surface area contributed by atoms with Crippen molar-refractivity contribution in [3.8, 4) is 0 Å². The Labute approximate surface area is 119 Å². The predicted octanol–water partition coefficient (Wildman–Crippen LogP) is -0.186. The Kier molecular flexibility index (Phi) is 9.36. The van der Waals surface area contributed by atoms with E-state index in [1.165, 1.54) is 6.92 Å². The smallest absolute Gasteiger partial charge is 0.305 e. The molecule has 20 heavy (non-hydrogen) atoms. The first-order valence-electron chi connectivity index (χ1n) is 6.75. The van der Waals surface area contributed by atoms with Crippen molar-refractivity contribution in [2.75, 3.05) is 27.2 Å². The molecule has 0 rings (SSSR count). The molecule has 0 aliphatic carbocycles. The lowest BCUT2D eigenvalue weighted by Gasteiger charge is -2.23. The molecule has 0 spiro atoms. The summed E-state index contributed by atoms with van der Waals surface area (Å²) in [7, 11) is 3.63. The SMILES string of the molecule is CC(=O)[15NH][13CH2][13CH2][13CH2][13CH2]C(C(=O)NCCC(=O)O)N(C)C. The summed E-state index contributed by atoms with van der Waals surface area (Å²) in [5, 5.41) is 13.9. The highest BCUT2D eigenvalue weighted by molar-refractivity contribution is 5.82. The summed E-state index contributed by atoms with van der Waals surface area (Å²) in [5.41, 5.74) is 0. The Balaban J connectivity index is 3.99. The van der Waals surface area contributed by atoms with Crippen LogP contribution in [0, 0.1) is 0 Å². The molecule has 0 aromatic heterocycles. The minimum atomic E-state index is -0.929. The predicted molar refractivity (Wildman–Crippen MR) is 75.3 cm³/mol. The van der Waals surface area contributed by atoms with Gasteiger partial charge in [-0.1, -0.05) is 0 Å². The van der Waals surface area contributed by atoms with Gasteiger partial charge in [0.25, 0.3) is 0 Å². The van der Waals surface area contributed by atoms with Gasteiger partial charge in [-0.2, -0.15) is 0 Å². The average molecular weight is 292 g/mol. The second-order valence-corrected chi connectivity index (χ2v) is 4.89. The number of carbonyl (C=O) groups excluding carboxylic acids is 2. The molecule has 1 unspecified atom stereocenters. The zero-order valence-corrected chi connectivity index (χ0v) is 12.4. The van der Waals surface area contributed by atoms with Crippen LogP contribution in [0.2, 0.25) is 0 Å². The Morgan fingerprint density at radius 1 is 1.10 bits per heavy atom. The van der Waals surface area contributed by atoms with E-state index < -0.39 is 5.97 Å². The van der Waals surface area contributed by atoms with E-state index in [1.807, 2.05) is 19.0 Å². The summed E-state index contributed by atoms with van der Waals surface area (Å²) in [6.45, 7) is 2.22. The van der Waals surface area contributed by atoms with Gasteiger partial charge in [-0.05, 0) is 33.4 Å². The van der Waals surface area contributed by atoms with E-state index >= 15 is 0 Å². The third-order valence-electron chi connectivity index (χ3n) is 2.84. The summed E-state index contributed by atoms with van der Waals surface area (Å²) in [6, 6.07) is -0.277. The highest BCUT2D eigenvalue weighted by Crippen LogP contribution is 2.06. The number of aliphatic carboxylic acids is 1. The van der Waals surface area contributed by atoms with Crippen LogP contribution >= 0.6 is 0 Å². The van der Waals surface area contributed by atoms with Gasteiger partial charge in [0.15, 0.2) is 0 Å². The van der Waals surface area contributed by atoms with Crippen LogP contribution in [0.25, 0.3) is 0 Å². The van der Waals surface area contributed by atoms with Crippen LogP contribution in [0.5, 0.6) is 0 Å². The topological polar surface area (TPSA) is 98.7 Å². The van der Waals surface area contributed by atoms with E-state index in [2.05, 4.69) is 10.6 Å². The zero-order valence-electron chi connectivity index (χ0n) is 12.4. The van der Waals surface area contributed by atoms with E-state index in [1.54, 1.807) is 0 Å². The van der Waals surface area contributed by atoms with Crippen molar-refractivity contribution in [2.45, 2.75) is 38.6 Å². The number of rotatable bonds is 10. The number of unbranched alkanes of at least 4 members (excludes halogenated alkanes) is 1. The van der Waals surface area contributed by atoms with E-state index in [0.29, 0.717) is 13.0 Å². The van der Waals surface area contributed by atoms with Gasteiger partial charge in [-0.3, -0.25) is 19.3 Å². The molecule has 1 atom stereocenters. The molecular formula is C13H25N3O4. The van der Waals surface area contributed by atoms with E-state index in [9.17, 15) is 14.4 Å². The fourth-order valence-electron chi connectivity index (χ4n) is 1.76. The maximum absolute atomic E-state index is 11.9. The molecule has 7 heteroatoms. The van der Waals surface area contributed by atoms with Crippen LogP contribution in [0.3, 0.4) is 0 Å². The standard InChI is InChI=1S/C13H25N3O4/c1-10(17)14-8-5-4-6-11(16(2)3)13(20)15-9-7-12(18)19/h11H,4-9H2,1-3H3,(H,14,17)(H,15,20)(H,18,19)/i4+1,5+1,6+1,8+1,14+1. The molecule has 0 aliphatic heterocycles. The van der Waals surface area contributed by atoms with Crippen LogP contribution in [0.1, 0.15) is 32.6 Å². The summed E-state index contributed by atoms with van der Waals surface area (Å²) in [6.07, 6.45) is 2.22. The summed E-state index contributed by atoms with van der Waals surface area (Å²) in [4.78, 5) is 34.8. The van der Waals surface area contributed by atoms with Gasteiger partial charge in [0, 0.05) is 20.0 Å². The molecule has 0 saturated carbocycles. The first-order chi connectivity index (χ1) is 9.34. The Morgan fingerprint density at radius 3 is 2.25 bits per heavy atom. The molecule has 2 amide bonds. The first-order valence-corrected chi connectivity index (χ1v) is 6.75. The summed E-state index contributed by atoms with van der Waals surface area (Å²) < 4.78 is 0. The lowest BCUT2D eigenvalue weighted by atomic mass is 10.3. The van der Waals surface area contributed by atoms with Crippen molar-refractivity contribution in [3.05, 3.63) is 0 Å². The molecule has 0 aromatic rings. The fourth-order valence-corrected chi connectivity index (χ4v) is 1.76. The Morgan fingerprint density at radius 2 is 1.75 bits per heavy atom. The van der Waals surface area contributed by atoms with Crippen molar-refractivity contribution in [1.29, 1.82) is 0 Å². The second-order valence-electron chi connectivity index (χ2n) is 4.89. The Hall–Kier alpha value is -1.63. The normalized spacial score (nSPS) is 12.0. The van der Waals surface area contributed by atoms with Gasteiger partial charge in [0.2, 0.25) is 11.8 Å². The van der Waals surface area contributed by atoms with Gasteiger partial charge in [-0.15, -0.1) is 0 Å². The largest absolute Gasteiger partial charge is 0.481 e. The van der Waals surface area contributed by atoms with E-state index in [0.717, 1.165) is 12.8 Å². The number of amides is 2. The van der Waals surface area contributed by atoms with Crippen LogP contribution < -0.4 is 10.6 Å². The monoisotopic (exact) mass is 292 g/mol. The highest BCUT2D eigenvalue weighted by atomic mass is 16.4. The number of hydrogen-bond acceptors (Lipinski definition) is 4. The third-order valence-corrected chi connectivity index (χ3v) is 2.84. The van der Waals surface area contributed by atoms with Crippen molar-refractivity contribution >= 4 is 17.8 Å². The van der Waals surface area contributed by atoms with E-state index in [4.69, 9.17) is 5.11 Å². The molecule has 0 aromatic carbocycles. The summed E-state index contributed by atoms with van der Waals surface area (Å²) >= 11 is 0. The maximum atomic E-state index is 11.9. The maximum Gasteiger partial charge on any atom is 0.305 e. The van der Waals surface area contributed by atoms with E-state index in [-0.39, 0.29) is 30.8 Å². The molecule has 0 fully saturated rings. The quantitative estimate of drug-likeness (QED) is 0.294. The number of hydrogen-bond donors (Lipinski definition) is 3. The third kappa shape index (κ3) is 9.32. The van der Waals surface area contributed by atoms with Crippen LogP contribution in [0.15, 0.2) is 0 Å². The average Bonchev–Trinajstić information content (AvgIpc) is 2.32. The van der Waals surface area contributed by atoms with Crippen LogP contribution in [-0.2, 0) is 14.4 Å². The number of likely N-dealkylation sites (N-methyl/N-ethyl adjacent to an activating group) is 1. The number of carboxylic acid groups (broad SMARTS) is 1. The molecule has 0 saturated heterocycles. The fraction of sp³-hybridized carbons (Fsp3) is 0.769. The molecule has 7 nitrogen and oxygen atoms in total. The minimum Gasteiger partial charge on any atom is -0.481 e. The number of nitrogens with zero attached hydrogens (tertiary/aromatic N) is 1. The van der Waals surface area contributed by atoms with Crippen LogP contribution in [0.4, 0.5) is 0 Å². The molecule has 0 bridgehead atoms. The lowest BCUT2D eigenvalue weighted by molar-refractivity contribution is -0.137.